The van der Waals surface area contributed by atoms with E-state index in [1.807, 2.05) is 43.0 Å². The number of pyridine rings is 1. The standard InChI is InChI=1S/C25H34N4O2/c1-25(2,31)22-9-4-10-23(28-15-13-27(3)14-16-28)21(22)17-19-7-6-12-29(24(19)30)20-8-5-11-26-18-20/h4-5,8-11,18-19,31H,6-7,12-17H2,1-3H3. The zero-order chi connectivity index (χ0) is 22.0. The third-order valence-electron chi connectivity index (χ3n) is 6.61. The number of piperidine rings is 1. The minimum absolute atomic E-state index is 0.0938. The summed E-state index contributed by atoms with van der Waals surface area (Å²) in [7, 11) is 2.15. The van der Waals surface area contributed by atoms with Gasteiger partial charge in [-0.2, -0.15) is 0 Å². The lowest BCUT2D eigenvalue weighted by Gasteiger charge is -2.38. The summed E-state index contributed by atoms with van der Waals surface area (Å²) in [6.45, 7) is 8.36. The molecule has 1 N–H and O–H groups in total. The Kier molecular flexibility index (Phi) is 6.30. The van der Waals surface area contributed by atoms with Crippen LogP contribution in [0.3, 0.4) is 0 Å². The summed E-state index contributed by atoms with van der Waals surface area (Å²) in [6.07, 6.45) is 5.99. The van der Waals surface area contributed by atoms with E-state index in [0.29, 0.717) is 6.42 Å². The first-order chi connectivity index (χ1) is 14.8. The van der Waals surface area contributed by atoms with Gasteiger partial charge in [-0.05, 0) is 69.5 Å². The van der Waals surface area contributed by atoms with Crippen LogP contribution < -0.4 is 9.80 Å². The first kappa shape index (κ1) is 21.8. The normalized spacial score (nSPS) is 20.9. The molecular formula is C25H34N4O2. The second-order valence-electron chi connectivity index (χ2n) is 9.40. The van der Waals surface area contributed by atoms with Crippen LogP contribution >= 0.6 is 0 Å². The molecule has 2 aliphatic heterocycles. The van der Waals surface area contributed by atoms with Gasteiger partial charge < -0.3 is 19.8 Å². The number of benzene rings is 1. The van der Waals surface area contributed by atoms with Gasteiger partial charge in [0.15, 0.2) is 0 Å². The van der Waals surface area contributed by atoms with Gasteiger partial charge in [0.2, 0.25) is 5.91 Å². The van der Waals surface area contributed by atoms with Crippen LogP contribution in [0.5, 0.6) is 0 Å². The predicted octanol–water partition coefficient (Wildman–Crippen LogP) is 3.05. The molecule has 1 aromatic carbocycles. The van der Waals surface area contributed by atoms with Crippen LogP contribution in [0.25, 0.3) is 0 Å². The molecule has 1 unspecified atom stereocenters. The molecule has 0 aliphatic carbocycles. The van der Waals surface area contributed by atoms with Crippen molar-refractivity contribution in [2.24, 2.45) is 5.92 Å². The number of anilines is 2. The number of piperazine rings is 1. The Balaban J connectivity index is 1.65. The topological polar surface area (TPSA) is 59.9 Å². The van der Waals surface area contributed by atoms with Crippen molar-refractivity contribution in [1.82, 2.24) is 9.88 Å². The Bertz CT molecular complexity index is 901. The van der Waals surface area contributed by atoms with Crippen molar-refractivity contribution in [1.29, 1.82) is 0 Å². The van der Waals surface area contributed by atoms with Crippen molar-refractivity contribution >= 4 is 17.3 Å². The quantitative estimate of drug-likeness (QED) is 0.803. The molecule has 0 spiro atoms. The number of rotatable bonds is 5. The Hall–Kier alpha value is -2.44. The zero-order valence-corrected chi connectivity index (χ0v) is 18.9. The highest BCUT2D eigenvalue weighted by Crippen LogP contribution is 2.36. The third kappa shape index (κ3) is 4.75. The lowest BCUT2D eigenvalue weighted by molar-refractivity contribution is -0.123. The van der Waals surface area contributed by atoms with Gasteiger partial charge in [-0.1, -0.05) is 12.1 Å². The largest absolute Gasteiger partial charge is 0.386 e. The monoisotopic (exact) mass is 422 g/mol. The molecule has 2 saturated heterocycles. The van der Waals surface area contributed by atoms with E-state index in [1.165, 1.54) is 5.69 Å². The number of carbonyl (C=O) groups excluding carboxylic acids is 1. The number of aromatic nitrogens is 1. The highest BCUT2D eigenvalue weighted by molar-refractivity contribution is 5.95. The van der Waals surface area contributed by atoms with Crippen LogP contribution in [0.2, 0.25) is 0 Å². The molecule has 1 amide bonds. The summed E-state index contributed by atoms with van der Waals surface area (Å²) in [4.78, 5) is 24.3. The molecule has 2 aromatic rings. The van der Waals surface area contributed by atoms with E-state index in [9.17, 15) is 9.90 Å². The van der Waals surface area contributed by atoms with Gasteiger partial charge in [0.25, 0.3) is 0 Å². The van der Waals surface area contributed by atoms with Crippen LogP contribution in [-0.4, -0.2) is 60.7 Å². The highest BCUT2D eigenvalue weighted by atomic mass is 16.3. The van der Waals surface area contributed by atoms with Gasteiger partial charge in [-0.3, -0.25) is 9.78 Å². The van der Waals surface area contributed by atoms with Gasteiger partial charge >= 0.3 is 0 Å². The fourth-order valence-electron chi connectivity index (χ4n) is 4.86. The van der Waals surface area contributed by atoms with Crippen molar-refractivity contribution in [3.63, 3.8) is 0 Å². The molecule has 4 rings (SSSR count). The van der Waals surface area contributed by atoms with E-state index >= 15 is 0 Å². The molecule has 31 heavy (non-hydrogen) atoms. The third-order valence-corrected chi connectivity index (χ3v) is 6.61. The number of likely N-dealkylation sites (N-methyl/N-ethyl adjacent to an activating group) is 1. The molecule has 2 fully saturated rings. The van der Waals surface area contributed by atoms with E-state index in [-0.39, 0.29) is 11.8 Å². The molecule has 1 aromatic heterocycles. The van der Waals surface area contributed by atoms with Crippen molar-refractivity contribution in [3.8, 4) is 0 Å². The van der Waals surface area contributed by atoms with Crippen molar-refractivity contribution in [2.45, 2.75) is 38.7 Å². The number of amides is 1. The fraction of sp³-hybridized carbons (Fsp3) is 0.520. The number of nitrogens with zero attached hydrogens (tertiary/aromatic N) is 4. The van der Waals surface area contributed by atoms with Crippen LogP contribution in [0.4, 0.5) is 11.4 Å². The van der Waals surface area contributed by atoms with E-state index in [2.05, 4.69) is 27.9 Å². The SMILES string of the molecule is CN1CCN(c2cccc(C(C)(C)O)c2CC2CCCN(c3cccnc3)C2=O)CC1. The number of carbonyl (C=O) groups is 1. The fourth-order valence-corrected chi connectivity index (χ4v) is 4.86. The Labute approximate surface area is 185 Å². The second kappa shape index (κ2) is 8.97. The van der Waals surface area contributed by atoms with E-state index in [4.69, 9.17) is 0 Å². The average molecular weight is 423 g/mol. The van der Waals surface area contributed by atoms with Gasteiger partial charge in [0.05, 0.1) is 17.5 Å². The van der Waals surface area contributed by atoms with Crippen LogP contribution in [0.15, 0.2) is 42.7 Å². The lowest BCUT2D eigenvalue weighted by atomic mass is 9.83. The van der Waals surface area contributed by atoms with Crippen molar-refractivity contribution < 1.29 is 9.90 Å². The first-order valence-electron chi connectivity index (χ1n) is 11.3. The number of hydrogen-bond acceptors (Lipinski definition) is 5. The van der Waals surface area contributed by atoms with E-state index in [1.54, 1.807) is 12.4 Å². The van der Waals surface area contributed by atoms with Crippen LogP contribution in [0, 0.1) is 5.92 Å². The van der Waals surface area contributed by atoms with E-state index < -0.39 is 5.60 Å². The maximum absolute atomic E-state index is 13.4. The predicted molar refractivity (Wildman–Crippen MR) is 124 cm³/mol. The molecule has 2 aliphatic rings. The Morgan fingerprint density at radius 3 is 2.55 bits per heavy atom. The zero-order valence-electron chi connectivity index (χ0n) is 18.9. The first-order valence-corrected chi connectivity index (χ1v) is 11.3. The molecule has 0 bridgehead atoms. The average Bonchev–Trinajstić information content (AvgIpc) is 2.76. The van der Waals surface area contributed by atoms with Crippen LogP contribution in [-0.2, 0) is 16.8 Å². The molecule has 1 atom stereocenters. The summed E-state index contributed by atoms with van der Waals surface area (Å²) < 4.78 is 0. The Morgan fingerprint density at radius 2 is 1.87 bits per heavy atom. The molecule has 0 saturated carbocycles. The summed E-state index contributed by atoms with van der Waals surface area (Å²) in [5, 5.41) is 10.9. The summed E-state index contributed by atoms with van der Waals surface area (Å²) in [5.74, 6) is 0.0674. The molecule has 6 nitrogen and oxygen atoms in total. The minimum Gasteiger partial charge on any atom is -0.386 e. The number of aliphatic hydroxyl groups is 1. The minimum atomic E-state index is -0.960. The van der Waals surface area contributed by atoms with Gasteiger partial charge in [-0.15, -0.1) is 0 Å². The highest BCUT2D eigenvalue weighted by Gasteiger charge is 2.33. The van der Waals surface area contributed by atoms with Gasteiger partial charge in [0.1, 0.15) is 0 Å². The number of hydrogen-bond donors (Lipinski definition) is 1. The second-order valence-corrected chi connectivity index (χ2v) is 9.40. The molecule has 3 heterocycles. The van der Waals surface area contributed by atoms with Crippen LogP contribution in [0.1, 0.15) is 37.8 Å². The maximum atomic E-state index is 13.4. The molecule has 166 valence electrons. The van der Waals surface area contributed by atoms with Gasteiger partial charge in [0, 0.05) is 50.5 Å². The molecular weight excluding hydrogens is 388 g/mol. The molecule has 0 radical (unpaired) electrons. The van der Waals surface area contributed by atoms with Crippen molar-refractivity contribution in [3.05, 3.63) is 53.9 Å². The maximum Gasteiger partial charge on any atom is 0.230 e. The van der Waals surface area contributed by atoms with Crippen molar-refractivity contribution in [2.75, 3.05) is 49.6 Å². The van der Waals surface area contributed by atoms with Gasteiger partial charge in [-0.25, -0.2) is 0 Å². The molecule has 6 heteroatoms. The summed E-state index contributed by atoms with van der Waals surface area (Å²) >= 11 is 0. The Morgan fingerprint density at radius 1 is 1.10 bits per heavy atom. The summed E-state index contributed by atoms with van der Waals surface area (Å²) in [6, 6.07) is 10.0. The summed E-state index contributed by atoms with van der Waals surface area (Å²) in [5.41, 5.74) is 3.12. The smallest absolute Gasteiger partial charge is 0.230 e. The van der Waals surface area contributed by atoms with E-state index in [0.717, 1.165) is 62.4 Å². The lowest BCUT2D eigenvalue weighted by Crippen LogP contribution is -2.45.